The van der Waals surface area contributed by atoms with Crippen LogP contribution < -0.4 is 4.90 Å². The normalized spacial score (nSPS) is 28.4. The number of carboxylic acids is 1. The topological polar surface area (TPSA) is 95.0 Å². The second-order valence-corrected chi connectivity index (χ2v) is 6.91. The Bertz CT molecular complexity index is 911. The lowest BCUT2D eigenvalue weighted by Gasteiger charge is -2.20. The number of aryl methyl sites for hydroxylation is 1. The Kier molecular flexibility index (Phi) is 2.46. The molecule has 4 heterocycles. The molecule has 1 N–H and O–H groups in total. The highest BCUT2D eigenvalue weighted by molar-refractivity contribution is 5.86. The van der Waals surface area contributed by atoms with Crippen LogP contribution in [0.15, 0.2) is 18.5 Å². The molecule has 0 aromatic carbocycles. The van der Waals surface area contributed by atoms with Crippen LogP contribution in [0.4, 0.5) is 5.82 Å². The van der Waals surface area contributed by atoms with E-state index in [-0.39, 0.29) is 5.56 Å². The Morgan fingerprint density at radius 2 is 2.29 bits per heavy atom. The zero-order chi connectivity index (χ0) is 16.6. The number of hydrogen-bond acceptors (Lipinski definition) is 5. The van der Waals surface area contributed by atoms with Crippen LogP contribution in [0.3, 0.4) is 0 Å². The number of carbonyl (C=O) groups is 1. The van der Waals surface area contributed by atoms with E-state index in [1.54, 1.807) is 4.68 Å². The fraction of sp³-hybridized carbons (Fsp3) is 0.412. The van der Waals surface area contributed by atoms with Gasteiger partial charge in [0.2, 0.25) is 0 Å². The van der Waals surface area contributed by atoms with Crippen LogP contribution in [0.1, 0.15) is 27.2 Å². The van der Waals surface area contributed by atoms with Crippen molar-refractivity contribution in [1.29, 1.82) is 5.26 Å². The minimum atomic E-state index is -1.00. The minimum absolute atomic E-state index is 0.151. The van der Waals surface area contributed by atoms with Gasteiger partial charge in [-0.3, -0.25) is 4.68 Å². The quantitative estimate of drug-likeness (QED) is 0.911. The Balaban J connectivity index is 1.45. The average molecular weight is 321 g/mol. The lowest BCUT2D eigenvalue weighted by atomic mass is 10.1. The fourth-order valence-corrected chi connectivity index (χ4v) is 4.20. The fourth-order valence-electron chi connectivity index (χ4n) is 4.20. The number of nitrogens with zero attached hydrogens (tertiary/aromatic N) is 5. The predicted molar refractivity (Wildman–Crippen MR) is 83.6 cm³/mol. The van der Waals surface area contributed by atoms with Crippen molar-refractivity contribution in [3.05, 3.63) is 40.8 Å². The third-order valence-electron chi connectivity index (χ3n) is 5.61. The number of nitriles is 1. The van der Waals surface area contributed by atoms with Crippen LogP contribution in [0.5, 0.6) is 0 Å². The Hall–Kier alpha value is -2.88. The van der Waals surface area contributed by atoms with Crippen LogP contribution >= 0.6 is 0 Å². The number of aromatic nitrogens is 3. The van der Waals surface area contributed by atoms with Crippen LogP contribution in [-0.2, 0) is 6.54 Å². The van der Waals surface area contributed by atoms with Crippen molar-refractivity contribution in [3.8, 4) is 6.07 Å². The molecule has 2 unspecified atom stereocenters. The number of carboxylic acid groups (broad SMARTS) is 1. The van der Waals surface area contributed by atoms with Crippen molar-refractivity contribution in [2.45, 2.75) is 19.5 Å². The van der Waals surface area contributed by atoms with E-state index < -0.39 is 5.97 Å². The Morgan fingerprint density at radius 1 is 1.50 bits per heavy atom. The first-order valence-corrected chi connectivity index (χ1v) is 8.01. The summed E-state index contributed by atoms with van der Waals surface area (Å²) in [6.45, 7) is 3.36. The molecule has 6 rings (SSSR count). The van der Waals surface area contributed by atoms with Gasteiger partial charge in [0, 0.05) is 24.5 Å². The summed E-state index contributed by atoms with van der Waals surface area (Å²) in [5, 5.41) is 22.6. The summed E-state index contributed by atoms with van der Waals surface area (Å²) < 4.78 is 1.56. The van der Waals surface area contributed by atoms with E-state index in [2.05, 4.69) is 16.1 Å². The summed E-state index contributed by atoms with van der Waals surface area (Å²) >= 11 is 0. The molecule has 0 spiro atoms. The predicted octanol–water partition coefficient (Wildman–Crippen LogP) is 1.27. The maximum Gasteiger partial charge on any atom is 0.338 e. The van der Waals surface area contributed by atoms with Crippen molar-refractivity contribution in [1.82, 2.24) is 14.8 Å². The summed E-state index contributed by atoms with van der Waals surface area (Å²) in [4.78, 5) is 17.9. The number of rotatable bonds is 4. The SMILES string of the molecule is Cc1nc(N2CC3C4C3C42)c(C#N)cc1Cn1cc(C(=O)O)cn1. The molecular weight excluding hydrogens is 306 g/mol. The highest BCUT2D eigenvalue weighted by Gasteiger charge is 2.80. The zero-order valence-corrected chi connectivity index (χ0v) is 13.0. The maximum absolute atomic E-state index is 10.9. The second kappa shape index (κ2) is 4.35. The van der Waals surface area contributed by atoms with Crippen LogP contribution in [-0.4, -0.2) is 38.4 Å². The van der Waals surface area contributed by atoms with Crippen LogP contribution in [0.2, 0.25) is 0 Å². The number of aromatic carboxylic acids is 1. The molecule has 4 aliphatic rings. The van der Waals surface area contributed by atoms with Gasteiger partial charge in [0.05, 0.1) is 23.9 Å². The largest absolute Gasteiger partial charge is 0.478 e. The summed E-state index contributed by atoms with van der Waals surface area (Å²) in [5.41, 5.74) is 2.48. The van der Waals surface area contributed by atoms with E-state index in [0.29, 0.717) is 18.2 Å². The van der Waals surface area contributed by atoms with Gasteiger partial charge < -0.3 is 10.0 Å². The number of anilines is 1. The lowest BCUT2D eigenvalue weighted by molar-refractivity contribution is 0.0697. The highest BCUT2D eigenvalue weighted by atomic mass is 16.4. The third-order valence-corrected chi connectivity index (χ3v) is 5.61. The summed E-state index contributed by atoms with van der Waals surface area (Å²) in [6, 6.07) is 4.75. The van der Waals surface area contributed by atoms with Crippen LogP contribution in [0, 0.1) is 36.0 Å². The van der Waals surface area contributed by atoms with Crippen molar-refractivity contribution in [3.63, 3.8) is 0 Å². The zero-order valence-electron chi connectivity index (χ0n) is 13.0. The molecule has 24 heavy (non-hydrogen) atoms. The molecule has 2 aliphatic heterocycles. The molecule has 2 saturated carbocycles. The first kappa shape index (κ1) is 13.5. The van der Waals surface area contributed by atoms with E-state index in [4.69, 9.17) is 10.1 Å². The van der Waals surface area contributed by atoms with Gasteiger partial charge in [0.25, 0.3) is 0 Å². The summed E-state index contributed by atoms with van der Waals surface area (Å²) in [7, 11) is 0. The van der Waals surface area contributed by atoms with Gasteiger partial charge in [-0.2, -0.15) is 10.4 Å². The number of piperidine rings is 1. The number of pyridine rings is 1. The molecular formula is C17H15N5O2. The van der Waals surface area contributed by atoms with E-state index in [9.17, 15) is 10.1 Å². The van der Waals surface area contributed by atoms with Crippen molar-refractivity contribution in [2.75, 3.05) is 11.4 Å². The van der Waals surface area contributed by atoms with E-state index in [0.717, 1.165) is 41.4 Å². The molecule has 0 radical (unpaired) electrons. The lowest BCUT2D eigenvalue weighted by Crippen LogP contribution is -2.23. The molecule has 4 fully saturated rings. The molecule has 2 aromatic rings. The highest BCUT2D eigenvalue weighted by Crippen LogP contribution is 2.75. The van der Waals surface area contributed by atoms with Gasteiger partial charge >= 0.3 is 5.97 Å². The molecule has 2 aromatic heterocycles. The van der Waals surface area contributed by atoms with Crippen molar-refractivity contribution in [2.24, 2.45) is 17.8 Å². The molecule has 7 nitrogen and oxygen atoms in total. The molecule has 2 saturated heterocycles. The van der Waals surface area contributed by atoms with E-state index >= 15 is 0 Å². The first-order valence-electron chi connectivity index (χ1n) is 8.01. The second-order valence-electron chi connectivity index (χ2n) is 6.91. The molecule has 2 bridgehead atoms. The number of hydrogen-bond donors (Lipinski definition) is 1. The molecule has 0 amide bonds. The number of fused-ring (bicyclic) bond motifs is 1. The Labute approximate surface area is 138 Å². The van der Waals surface area contributed by atoms with Gasteiger partial charge in [0.15, 0.2) is 0 Å². The average Bonchev–Trinajstić information content (AvgIpc) is 3.22. The van der Waals surface area contributed by atoms with Crippen molar-refractivity contribution >= 4 is 11.8 Å². The van der Waals surface area contributed by atoms with Gasteiger partial charge in [0.1, 0.15) is 11.9 Å². The molecule has 7 heteroatoms. The molecule has 2 atom stereocenters. The summed E-state index contributed by atoms with van der Waals surface area (Å²) in [5.74, 6) is 2.36. The third kappa shape index (κ3) is 1.74. The minimum Gasteiger partial charge on any atom is -0.478 e. The standard InChI is InChI=1S/C17H15N5O2/c1-8-10(5-21-6-11(4-19-21)17(23)24)2-9(3-18)16(20-8)22-7-12-13-14(12)15(13)22/h2,4,6,12-15H,5,7H2,1H3,(H,23,24). The summed E-state index contributed by atoms with van der Waals surface area (Å²) in [6.07, 6.45) is 2.81. The van der Waals surface area contributed by atoms with Crippen LogP contribution in [0.25, 0.3) is 0 Å². The molecule has 2 aliphatic carbocycles. The monoisotopic (exact) mass is 321 g/mol. The van der Waals surface area contributed by atoms with Gasteiger partial charge in [-0.25, -0.2) is 9.78 Å². The smallest absolute Gasteiger partial charge is 0.338 e. The van der Waals surface area contributed by atoms with Crippen molar-refractivity contribution < 1.29 is 9.90 Å². The first-order chi connectivity index (χ1) is 11.6. The van der Waals surface area contributed by atoms with Gasteiger partial charge in [-0.1, -0.05) is 0 Å². The van der Waals surface area contributed by atoms with Gasteiger partial charge in [-0.05, 0) is 36.3 Å². The van der Waals surface area contributed by atoms with E-state index in [1.165, 1.54) is 12.4 Å². The Morgan fingerprint density at radius 3 is 2.88 bits per heavy atom. The van der Waals surface area contributed by atoms with E-state index in [1.807, 2.05) is 13.0 Å². The molecule has 120 valence electrons. The van der Waals surface area contributed by atoms with Gasteiger partial charge in [-0.15, -0.1) is 0 Å². The maximum atomic E-state index is 10.9.